The Labute approximate surface area is 263 Å². The number of ether oxygens (including phenoxy) is 1. The second-order valence-electron chi connectivity index (χ2n) is 11.9. The van der Waals surface area contributed by atoms with Crippen LogP contribution in [0.4, 0.5) is 10.1 Å². The molecule has 2 aromatic carbocycles. The fourth-order valence-corrected chi connectivity index (χ4v) is 6.77. The molecule has 0 saturated carbocycles. The molecular weight excluding hydrogens is 613 g/mol. The van der Waals surface area contributed by atoms with E-state index in [1.54, 1.807) is 12.1 Å². The van der Waals surface area contributed by atoms with Gasteiger partial charge in [-0.3, -0.25) is 14.5 Å². The Morgan fingerprint density at radius 3 is 2.54 bits per heavy atom. The number of hydrogen-bond donors (Lipinski definition) is 3. The summed E-state index contributed by atoms with van der Waals surface area (Å²) in [5.74, 6) is -1.74. The summed E-state index contributed by atoms with van der Waals surface area (Å²) in [5.41, 5.74) is 0.250. The van der Waals surface area contributed by atoms with Crippen LogP contribution in [0.1, 0.15) is 44.2 Å². The Bertz CT molecular complexity index is 1270. The van der Waals surface area contributed by atoms with Gasteiger partial charge < -0.3 is 20.7 Å². The lowest BCUT2D eigenvalue weighted by Gasteiger charge is -2.37. The maximum Gasteiger partial charge on any atom is 0.237 e. The van der Waals surface area contributed by atoms with Gasteiger partial charge in [-0.15, -0.1) is 24.8 Å². The van der Waals surface area contributed by atoms with E-state index in [2.05, 4.69) is 41.6 Å². The Kier molecular flexibility index (Phi) is 11.0. The third-order valence-corrected chi connectivity index (χ3v) is 8.55. The van der Waals surface area contributed by atoms with Crippen LogP contribution < -0.4 is 16.0 Å². The first-order chi connectivity index (χ1) is 18.5. The lowest BCUT2D eigenvalue weighted by Crippen LogP contribution is -2.49. The SMILES string of the molecule is CC(C)(C)C[C@H]1N[C@@H](C(=O)NCCN2CCOCC2)[C@H](c2cccc(Cl)c2)[C@@]12C(=O)Nc1cc(Cl)c(F)cc12.Cl.Cl. The van der Waals surface area contributed by atoms with E-state index in [0.717, 1.165) is 18.7 Å². The van der Waals surface area contributed by atoms with E-state index in [1.165, 1.54) is 12.1 Å². The molecule has 3 heterocycles. The van der Waals surface area contributed by atoms with Crippen molar-refractivity contribution in [2.45, 2.75) is 50.6 Å². The minimum Gasteiger partial charge on any atom is -0.379 e. The van der Waals surface area contributed by atoms with Crippen molar-refractivity contribution in [1.29, 1.82) is 0 Å². The molecule has 0 aliphatic carbocycles. The van der Waals surface area contributed by atoms with Crippen molar-refractivity contribution in [2.75, 3.05) is 44.7 Å². The first kappa shape index (κ1) is 33.8. The lowest BCUT2D eigenvalue weighted by atomic mass is 9.62. The third-order valence-electron chi connectivity index (χ3n) is 8.02. The maximum atomic E-state index is 15.0. The van der Waals surface area contributed by atoms with Crippen LogP contribution in [0.3, 0.4) is 0 Å². The third kappa shape index (κ3) is 6.64. The average molecular weight is 650 g/mol. The van der Waals surface area contributed by atoms with Gasteiger partial charge in [0.15, 0.2) is 0 Å². The number of nitrogens with one attached hydrogen (secondary N) is 3. The van der Waals surface area contributed by atoms with E-state index in [9.17, 15) is 14.0 Å². The molecule has 0 aromatic heterocycles. The smallest absolute Gasteiger partial charge is 0.237 e. The van der Waals surface area contributed by atoms with Gasteiger partial charge >= 0.3 is 0 Å². The van der Waals surface area contributed by atoms with Crippen LogP contribution >= 0.6 is 48.0 Å². The summed E-state index contributed by atoms with van der Waals surface area (Å²) in [6.45, 7) is 10.4. The van der Waals surface area contributed by atoms with E-state index in [0.29, 0.717) is 49.0 Å². The molecule has 0 bridgehead atoms. The summed E-state index contributed by atoms with van der Waals surface area (Å²) in [4.78, 5) is 30.2. The number of fused-ring (bicyclic) bond motifs is 2. The summed E-state index contributed by atoms with van der Waals surface area (Å²) in [7, 11) is 0. The second-order valence-corrected chi connectivity index (χ2v) is 12.7. The molecule has 4 atom stereocenters. The summed E-state index contributed by atoms with van der Waals surface area (Å²) < 4.78 is 20.4. The molecule has 5 rings (SSSR count). The molecule has 3 aliphatic rings. The standard InChI is InChI=1S/C29H35Cl2FN4O3.2ClH/c1-28(2,3)16-23-29(19-14-21(32)20(31)15-22(19)34-27(29)38)24(17-5-4-6-18(30)13-17)25(35-23)26(37)33-7-8-36-9-11-39-12-10-36;;/h4-6,13-15,23-25,35H,7-12,16H2,1-3H3,(H,33,37)(H,34,38);2*1H/t23-,24+,25-,29+;;/m1../s1. The summed E-state index contributed by atoms with van der Waals surface area (Å²) in [6, 6.07) is 8.83. The number of benzene rings is 2. The van der Waals surface area contributed by atoms with Gasteiger partial charge in [0.25, 0.3) is 0 Å². The van der Waals surface area contributed by atoms with Crippen LogP contribution in [-0.4, -0.2) is 68.2 Å². The van der Waals surface area contributed by atoms with E-state index in [-0.39, 0.29) is 47.1 Å². The van der Waals surface area contributed by atoms with Crippen molar-refractivity contribution in [2.24, 2.45) is 5.41 Å². The van der Waals surface area contributed by atoms with E-state index < -0.39 is 29.2 Å². The molecule has 226 valence electrons. The Hall–Kier alpha value is -1.65. The monoisotopic (exact) mass is 648 g/mol. The topological polar surface area (TPSA) is 82.7 Å². The highest BCUT2D eigenvalue weighted by Gasteiger charge is 2.65. The van der Waals surface area contributed by atoms with Crippen molar-refractivity contribution in [1.82, 2.24) is 15.5 Å². The lowest BCUT2D eigenvalue weighted by molar-refractivity contribution is -0.124. The first-order valence-corrected chi connectivity index (χ1v) is 14.2. The quantitative estimate of drug-likeness (QED) is 0.402. The van der Waals surface area contributed by atoms with E-state index in [4.69, 9.17) is 27.9 Å². The first-order valence-electron chi connectivity index (χ1n) is 13.4. The predicted octanol–water partition coefficient (Wildman–Crippen LogP) is 5.17. The minimum atomic E-state index is -1.26. The molecule has 7 nitrogen and oxygen atoms in total. The highest BCUT2D eigenvalue weighted by molar-refractivity contribution is 6.31. The van der Waals surface area contributed by atoms with Crippen molar-refractivity contribution in [3.05, 3.63) is 63.4 Å². The summed E-state index contributed by atoms with van der Waals surface area (Å²) >= 11 is 12.5. The predicted molar refractivity (Wildman–Crippen MR) is 165 cm³/mol. The number of halogens is 5. The average Bonchev–Trinajstić information content (AvgIpc) is 3.34. The number of amides is 2. The Morgan fingerprint density at radius 1 is 1.17 bits per heavy atom. The molecule has 3 aliphatic heterocycles. The van der Waals surface area contributed by atoms with Crippen LogP contribution in [-0.2, 0) is 19.7 Å². The molecule has 2 fully saturated rings. The van der Waals surface area contributed by atoms with Crippen LogP contribution in [0.2, 0.25) is 10.0 Å². The molecule has 0 radical (unpaired) electrons. The molecule has 2 saturated heterocycles. The molecular formula is C29H37Cl4FN4O3. The minimum absolute atomic E-state index is 0. The molecule has 0 unspecified atom stereocenters. The molecule has 1 spiro atoms. The van der Waals surface area contributed by atoms with Gasteiger partial charge in [0.1, 0.15) is 11.2 Å². The zero-order chi connectivity index (χ0) is 27.9. The maximum absolute atomic E-state index is 15.0. The fourth-order valence-electron chi connectivity index (χ4n) is 6.41. The normalized spacial score (nSPS) is 25.7. The van der Waals surface area contributed by atoms with Crippen molar-refractivity contribution in [3.8, 4) is 0 Å². The van der Waals surface area contributed by atoms with Crippen molar-refractivity contribution >= 4 is 65.5 Å². The zero-order valence-corrected chi connectivity index (χ0v) is 26.4. The fraction of sp³-hybridized carbons (Fsp3) is 0.517. The molecule has 2 aromatic rings. The van der Waals surface area contributed by atoms with Crippen molar-refractivity contribution < 1.29 is 18.7 Å². The van der Waals surface area contributed by atoms with Gasteiger partial charge in [-0.2, -0.15) is 0 Å². The van der Waals surface area contributed by atoms with Gasteiger partial charge in [0.05, 0.1) is 24.3 Å². The van der Waals surface area contributed by atoms with Crippen LogP contribution in [0.15, 0.2) is 36.4 Å². The Morgan fingerprint density at radius 2 is 1.88 bits per heavy atom. The molecule has 12 heteroatoms. The number of morpholine rings is 1. The van der Waals surface area contributed by atoms with Crippen LogP contribution in [0.5, 0.6) is 0 Å². The van der Waals surface area contributed by atoms with Gasteiger partial charge in [-0.1, -0.05) is 56.1 Å². The number of nitrogens with zero attached hydrogens (tertiary/aromatic N) is 1. The van der Waals surface area contributed by atoms with Crippen LogP contribution in [0.25, 0.3) is 0 Å². The van der Waals surface area contributed by atoms with E-state index in [1.807, 2.05) is 12.1 Å². The number of hydrogen-bond acceptors (Lipinski definition) is 5. The molecule has 2 amide bonds. The Balaban J connectivity index is 0.00000231. The summed E-state index contributed by atoms with van der Waals surface area (Å²) in [5, 5.41) is 10.0. The molecule has 3 N–H and O–H groups in total. The number of rotatable bonds is 6. The number of carbonyl (C=O) groups excluding carboxylic acids is 2. The number of carbonyl (C=O) groups is 2. The van der Waals surface area contributed by atoms with Gasteiger partial charge in [-0.25, -0.2) is 4.39 Å². The zero-order valence-electron chi connectivity index (χ0n) is 23.3. The largest absolute Gasteiger partial charge is 0.379 e. The summed E-state index contributed by atoms with van der Waals surface area (Å²) in [6.07, 6.45) is 0.568. The van der Waals surface area contributed by atoms with E-state index >= 15 is 0 Å². The second kappa shape index (κ2) is 13.3. The van der Waals surface area contributed by atoms with Gasteiger partial charge in [0, 0.05) is 48.8 Å². The van der Waals surface area contributed by atoms with Crippen LogP contribution in [0, 0.1) is 11.2 Å². The van der Waals surface area contributed by atoms with Gasteiger partial charge in [-0.05, 0) is 47.2 Å². The van der Waals surface area contributed by atoms with Gasteiger partial charge in [0.2, 0.25) is 11.8 Å². The highest BCUT2D eigenvalue weighted by atomic mass is 35.5. The molecule has 41 heavy (non-hydrogen) atoms. The van der Waals surface area contributed by atoms with Crippen molar-refractivity contribution in [3.63, 3.8) is 0 Å². The number of anilines is 1. The highest BCUT2D eigenvalue weighted by Crippen LogP contribution is 2.57.